The van der Waals surface area contributed by atoms with Crippen molar-refractivity contribution in [2.45, 2.75) is 44.2 Å². The molecule has 1 fully saturated rings. The van der Waals surface area contributed by atoms with Gasteiger partial charge in [0, 0.05) is 35.5 Å². The van der Waals surface area contributed by atoms with E-state index in [9.17, 15) is 10.1 Å². The molecule has 3 aliphatic rings. The smallest absolute Gasteiger partial charge is 0.270 e. The summed E-state index contributed by atoms with van der Waals surface area (Å²) in [6, 6.07) is 31.4. The monoisotopic (exact) mass is 740 g/mol. The van der Waals surface area contributed by atoms with Crippen LogP contribution in [0.2, 0.25) is 0 Å². The first-order valence-corrected chi connectivity index (χ1v) is 19.0. The van der Waals surface area contributed by atoms with Crippen LogP contribution in [0.4, 0.5) is 11.4 Å². The molecule has 1 spiro atoms. The summed E-state index contributed by atoms with van der Waals surface area (Å²) in [6.45, 7) is 8.35. The number of benzene rings is 6. The molecule has 2 atom stereocenters. The lowest BCUT2D eigenvalue weighted by Gasteiger charge is -2.47. The maximum absolute atomic E-state index is 12.2. The molecular weight excluding hydrogens is 697 g/mol. The summed E-state index contributed by atoms with van der Waals surface area (Å²) in [7, 11) is 0. The van der Waals surface area contributed by atoms with Gasteiger partial charge in [0.25, 0.3) is 5.69 Å². The Kier molecular flexibility index (Phi) is 9.40. The van der Waals surface area contributed by atoms with Gasteiger partial charge in [-0.25, -0.2) is 0 Å². The van der Waals surface area contributed by atoms with Gasteiger partial charge in [-0.05, 0) is 75.5 Å². The average Bonchev–Trinajstić information content (AvgIpc) is 3.36. The fraction of sp³-hybridized carbons (Fsp3) is 0.333. The molecule has 0 aromatic heterocycles. The molecule has 6 aromatic carbocycles. The summed E-state index contributed by atoms with van der Waals surface area (Å²) in [6.07, 6.45) is 3.71. The van der Waals surface area contributed by atoms with Crippen molar-refractivity contribution in [1.82, 2.24) is 0 Å². The fourth-order valence-corrected chi connectivity index (χ4v) is 8.66. The first-order valence-electron chi connectivity index (χ1n) is 19.0. The molecule has 0 N–H and O–H groups in total. The van der Waals surface area contributed by atoms with Gasteiger partial charge in [0.05, 0.1) is 69.8 Å². The molecule has 3 heterocycles. The largest absolute Gasteiger partial charge is 0.462 e. The average molecular weight is 741 g/mol. The second kappa shape index (κ2) is 14.5. The first kappa shape index (κ1) is 35.6. The molecule has 0 radical (unpaired) electrons. The zero-order valence-corrected chi connectivity index (χ0v) is 31.1. The standard InChI is InChI=1S/C45H44N2O8/c1-44(2)39-8-3-4-9-40(39)46(26-34-13-12-32-11-10-30-6-5-7-31-14-15-38(34)42(32)41(30)31)45(44)17-16-33-24-36(47(48)49)25-35(43(33)55-45)27-53-29-37-28-52-21-20-50-18-19-51-22-23-54-37/h3-17,24-25,37H,18-23,26-29H2,1-2H3. The number of para-hydroxylation sites is 1. The van der Waals surface area contributed by atoms with Crippen molar-refractivity contribution in [3.8, 4) is 5.75 Å². The third-order valence-corrected chi connectivity index (χ3v) is 11.4. The Balaban J connectivity index is 1.07. The second-order valence-corrected chi connectivity index (χ2v) is 15.0. The quantitative estimate of drug-likeness (QED) is 0.0905. The zero-order chi connectivity index (χ0) is 37.6. The van der Waals surface area contributed by atoms with Crippen molar-refractivity contribution < 1.29 is 33.3 Å². The summed E-state index contributed by atoms with van der Waals surface area (Å²) in [5, 5.41) is 19.6. The number of hydrogen-bond acceptors (Lipinski definition) is 9. The van der Waals surface area contributed by atoms with E-state index in [0.717, 1.165) is 11.3 Å². The Morgan fingerprint density at radius 1 is 0.800 bits per heavy atom. The zero-order valence-electron chi connectivity index (χ0n) is 31.1. The van der Waals surface area contributed by atoms with Crippen LogP contribution in [0.3, 0.4) is 0 Å². The number of nitro benzene ring substituents is 1. The van der Waals surface area contributed by atoms with Gasteiger partial charge < -0.3 is 33.3 Å². The van der Waals surface area contributed by atoms with E-state index in [1.54, 1.807) is 12.1 Å². The Morgan fingerprint density at radius 3 is 2.31 bits per heavy atom. The Morgan fingerprint density at radius 2 is 1.51 bits per heavy atom. The van der Waals surface area contributed by atoms with Crippen LogP contribution in [0, 0.1) is 10.1 Å². The molecule has 2 unspecified atom stereocenters. The van der Waals surface area contributed by atoms with Crippen molar-refractivity contribution in [1.29, 1.82) is 0 Å². The number of non-ortho nitro benzene ring substituents is 1. The van der Waals surface area contributed by atoms with Gasteiger partial charge in [-0.3, -0.25) is 10.1 Å². The van der Waals surface area contributed by atoms with E-state index in [2.05, 4.69) is 104 Å². The molecule has 0 amide bonds. The van der Waals surface area contributed by atoms with E-state index >= 15 is 0 Å². The fourth-order valence-electron chi connectivity index (χ4n) is 8.66. The van der Waals surface area contributed by atoms with Crippen molar-refractivity contribution >= 4 is 49.8 Å². The van der Waals surface area contributed by atoms with Gasteiger partial charge in [-0.15, -0.1) is 0 Å². The van der Waals surface area contributed by atoms with Crippen LogP contribution in [0.1, 0.15) is 36.1 Å². The third kappa shape index (κ3) is 6.28. The predicted molar refractivity (Wildman–Crippen MR) is 213 cm³/mol. The first-order chi connectivity index (χ1) is 26.8. The number of ether oxygens (including phenoxy) is 6. The van der Waals surface area contributed by atoms with Crippen molar-refractivity contribution in [2.75, 3.05) is 57.8 Å². The Bertz CT molecular complexity index is 2380. The molecule has 0 aliphatic carbocycles. The summed E-state index contributed by atoms with van der Waals surface area (Å²) in [5.74, 6) is 0.566. The van der Waals surface area contributed by atoms with Crippen LogP contribution in [0.5, 0.6) is 5.75 Å². The maximum atomic E-state index is 12.2. The molecule has 9 rings (SSSR count). The predicted octanol–water partition coefficient (Wildman–Crippen LogP) is 8.56. The molecule has 55 heavy (non-hydrogen) atoms. The minimum Gasteiger partial charge on any atom is -0.462 e. The van der Waals surface area contributed by atoms with Gasteiger partial charge in [0.2, 0.25) is 5.72 Å². The molecule has 0 saturated carbocycles. The highest BCUT2D eigenvalue weighted by Crippen LogP contribution is 2.56. The maximum Gasteiger partial charge on any atom is 0.270 e. The molecule has 6 aromatic rings. The molecule has 10 nitrogen and oxygen atoms in total. The van der Waals surface area contributed by atoms with Crippen LogP contribution in [0.15, 0.2) is 97.1 Å². The highest BCUT2D eigenvalue weighted by molar-refractivity contribution is 6.23. The Hall–Kier alpha value is -5.10. The topological polar surface area (TPSA) is 102 Å². The molecular formula is C45H44N2O8. The molecule has 3 aliphatic heterocycles. The van der Waals surface area contributed by atoms with E-state index in [4.69, 9.17) is 28.4 Å². The third-order valence-electron chi connectivity index (χ3n) is 11.4. The number of rotatable bonds is 7. The lowest BCUT2D eigenvalue weighted by Crippen LogP contribution is -2.59. The lowest BCUT2D eigenvalue weighted by molar-refractivity contribution is -0.385. The molecule has 1 saturated heterocycles. The van der Waals surface area contributed by atoms with E-state index in [1.165, 1.54) is 37.9 Å². The highest BCUT2D eigenvalue weighted by Gasteiger charge is 2.59. The number of nitro groups is 1. The summed E-state index contributed by atoms with van der Waals surface area (Å²) in [4.78, 5) is 14.2. The van der Waals surface area contributed by atoms with E-state index in [1.807, 2.05) is 6.08 Å². The van der Waals surface area contributed by atoms with Crippen LogP contribution < -0.4 is 9.64 Å². The van der Waals surface area contributed by atoms with Crippen LogP contribution in [0.25, 0.3) is 38.4 Å². The van der Waals surface area contributed by atoms with Crippen molar-refractivity contribution in [2.24, 2.45) is 0 Å². The highest BCUT2D eigenvalue weighted by atomic mass is 16.6. The normalized spacial score (nSPS) is 21.3. The van der Waals surface area contributed by atoms with Crippen LogP contribution in [-0.2, 0) is 42.3 Å². The van der Waals surface area contributed by atoms with Gasteiger partial charge in [-0.1, -0.05) is 72.8 Å². The summed E-state index contributed by atoms with van der Waals surface area (Å²) >= 11 is 0. The van der Waals surface area contributed by atoms with Gasteiger partial charge in [0.15, 0.2) is 0 Å². The number of fused-ring (bicyclic) bond motifs is 2. The number of anilines is 1. The van der Waals surface area contributed by atoms with E-state index < -0.39 is 11.1 Å². The van der Waals surface area contributed by atoms with Gasteiger partial charge >= 0.3 is 0 Å². The van der Waals surface area contributed by atoms with E-state index in [0.29, 0.717) is 69.7 Å². The molecule has 0 bridgehead atoms. The summed E-state index contributed by atoms with van der Waals surface area (Å²) in [5.41, 5.74) is 3.14. The summed E-state index contributed by atoms with van der Waals surface area (Å²) < 4.78 is 36.5. The van der Waals surface area contributed by atoms with Crippen molar-refractivity contribution in [3.05, 3.63) is 129 Å². The van der Waals surface area contributed by atoms with Gasteiger partial charge in [0.1, 0.15) is 11.9 Å². The second-order valence-electron chi connectivity index (χ2n) is 15.0. The lowest BCUT2D eigenvalue weighted by atomic mass is 9.76. The minimum atomic E-state index is -0.967. The van der Waals surface area contributed by atoms with Crippen LogP contribution >= 0.6 is 0 Å². The molecule has 10 heteroatoms. The number of nitrogens with zero attached hydrogens (tertiary/aromatic N) is 2. The van der Waals surface area contributed by atoms with Crippen molar-refractivity contribution in [3.63, 3.8) is 0 Å². The van der Waals surface area contributed by atoms with Crippen LogP contribution in [-0.4, -0.2) is 69.6 Å². The van der Waals surface area contributed by atoms with Gasteiger partial charge in [-0.2, -0.15) is 0 Å². The Labute approximate surface area is 319 Å². The molecule has 282 valence electrons. The number of hydrogen-bond donors (Lipinski definition) is 0. The minimum absolute atomic E-state index is 0.0243. The SMILES string of the molecule is CC1(C)c2ccccc2N(Cc2ccc3ccc4cccc5ccc2c3c45)C12C=Cc1cc([N+](=O)[O-])cc(COCC3COCCOCCOCCO3)c1O2. The van der Waals surface area contributed by atoms with E-state index in [-0.39, 0.29) is 29.9 Å².